The number of halogens is 2. The second kappa shape index (κ2) is 10.7. The third kappa shape index (κ3) is 5.50. The van der Waals surface area contributed by atoms with Crippen LogP contribution in [0.15, 0.2) is 69.0 Å². The molecule has 34 heavy (non-hydrogen) atoms. The number of aryl methyl sites for hydroxylation is 2. The zero-order valence-electron chi connectivity index (χ0n) is 19.0. The first-order chi connectivity index (χ1) is 16.4. The van der Waals surface area contributed by atoms with Gasteiger partial charge in [-0.25, -0.2) is 4.98 Å². The first kappa shape index (κ1) is 24.4. The smallest absolute Gasteiger partial charge is 0.282 e. The molecule has 8 heteroatoms. The molecule has 0 N–H and O–H groups in total. The minimum atomic E-state index is -0.224. The Kier molecular flexibility index (Phi) is 7.67. The molecule has 0 bridgehead atoms. The Labute approximate surface area is 219 Å². The van der Waals surface area contributed by atoms with Crippen LogP contribution in [0.2, 0.25) is 0 Å². The lowest BCUT2D eigenvalue weighted by Gasteiger charge is -2.15. The molecule has 1 aromatic heterocycles. The normalized spacial score (nSPS) is 11.3. The van der Waals surface area contributed by atoms with E-state index in [1.807, 2.05) is 31.2 Å². The van der Waals surface area contributed by atoms with Gasteiger partial charge < -0.3 is 9.47 Å². The summed E-state index contributed by atoms with van der Waals surface area (Å²) in [5.41, 5.74) is 3.50. The van der Waals surface area contributed by atoms with Crippen molar-refractivity contribution in [3.05, 3.63) is 95.5 Å². The SMILES string of the molecule is CCOc1cc(C=Nn2c(C)nc3ccc(Br)cc3c2=O)cc(I)c1OCc1ccc(C)cc1. The Balaban J connectivity index is 1.65. The van der Waals surface area contributed by atoms with E-state index >= 15 is 0 Å². The van der Waals surface area contributed by atoms with Crippen molar-refractivity contribution in [3.8, 4) is 11.5 Å². The Morgan fingerprint density at radius 3 is 2.59 bits per heavy atom. The summed E-state index contributed by atoms with van der Waals surface area (Å²) in [6.07, 6.45) is 1.63. The number of aromatic nitrogens is 2. The molecule has 0 aliphatic carbocycles. The number of hydrogen-bond acceptors (Lipinski definition) is 5. The molecule has 0 spiro atoms. The van der Waals surface area contributed by atoms with Crippen molar-refractivity contribution in [3.63, 3.8) is 0 Å². The molecule has 1 heterocycles. The highest BCUT2D eigenvalue weighted by atomic mass is 127. The highest BCUT2D eigenvalue weighted by molar-refractivity contribution is 14.1. The maximum absolute atomic E-state index is 13.0. The molecule has 0 unspecified atom stereocenters. The van der Waals surface area contributed by atoms with E-state index in [2.05, 4.69) is 79.8 Å². The molecule has 174 valence electrons. The Bertz CT molecular complexity index is 1430. The standard InChI is InChI=1S/C26H23BrIN3O3/c1-4-33-24-12-19(11-22(28)25(24)34-15-18-7-5-16(2)6-8-18)14-29-31-17(3)30-23-10-9-20(27)13-21(23)26(31)32/h5-14H,4,15H2,1-3H3. The van der Waals surface area contributed by atoms with E-state index in [-0.39, 0.29) is 5.56 Å². The van der Waals surface area contributed by atoms with Gasteiger partial charge >= 0.3 is 0 Å². The summed E-state index contributed by atoms with van der Waals surface area (Å²) in [4.78, 5) is 17.5. The quantitative estimate of drug-likeness (QED) is 0.179. The van der Waals surface area contributed by atoms with Crippen LogP contribution in [0.5, 0.6) is 11.5 Å². The molecule has 0 amide bonds. The van der Waals surface area contributed by atoms with E-state index in [0.29, 0.717) is 41.4 Å². The van der Waals surface area contributed by atoms with Gasteiger partial charge in [-0.1, -0.05) is 45.8 Å². The fourth-order valence-electron chi connectivity index (χ4n) is 3.43. The fourth-order valence-corrected chi connectivity index (χ4v) is 4.57. The molecule has 0 atom stereocenters. The summed E-state index contributed by atoms with van der Waals surface area (Å²) < 4.78 is 15.0. The van der Waals surface area contributed by atoms with Gasteiger partial charge in [0.1, 0.15) is 12.4 Å². The van der Waals surface area contributed by atoms with E-state index in [4.69, 9.17) is 9.47 Å². The van der Waals surface area contributed by atoms with Gasteiger partial charge in [0.25, 0.3) is 5.56 Å². The van der Waals surface area contributed by atoms with Gasteiger partial charge in [-0.2, -0.15) is 9.78 Å². The van der Waals surface area contributed by atoms with Gasteiger partial charge in [0, 0.05) is 4.47 Å². The van der Waals surface area contributed by atoms with Crippen molar-refractivity contribution in [2.75, 3.05) is 6.61 Å². The lowest BCUT2D eigenvalue weighted by Crippen LogP contribution is -2.20. The van der Waals surface area contributed by atoms with Gasteiger partial charge in [-0.15, -0.1) is 0 Å². The van der Waals surface area contributed by atoms with E-state index < -0.39 is 0 Å². The molecule has 0 aliphatic heterocycles. The van der Waals surface area contributed by atoms with Crippen LogP contribution in [0.25, 0.3) is 10.9 Å². The van der Waals surface area contributed by atoms with Crippen LogP contribution >= 0.6 is 38.5 Å². The molecule has 0 fully saturated rings. The van der Waals surface area contributed by atoms with E-state index in [9.17, 15) is 4.79 Å². The fraction of sp³-hybridized carbons (Fsp3) is 0.192. The summed E-state index contributed by atoms with van der Waals surface area (Å²) in [7, 11) is 0. The summed E-state index contributed by atoms with van der Waals surface area (Å²) in [6.45, 7) is 6.69. The third-order valence-electron chi connectivity index (χ3n) is 5.13. The number of benzene rings is 3. The summed E-state index contributed by atoms with van der Waals surface area (Å²) in [5.74, 6) is 1.83. The zero-order valence-corrected chi connectivity index (χ0v) is 22.8. The lowest BCUT2D eigenvalue weighted by atomic mass is 10.2. The first-order valence-corrected chi connectivity index (χ1v) is 12.6. The molecular weight excluding hydrogens is 609 g/mol. The van der Waals surface area contributed by atoms with E-state index in [1.165, 1.54) is 10.2 Å². The van der Waals surface area contributed by atoms with Gasteiger partial charge in [0.15, 0.2) is 11.5 Å². The summed E-state index contributed by atoms with van der Waals surface area (Å²) in [5, 5.41) is 4.93. The highest BCUT2D eigenvalue weighted by Crippen LogP contribution is 2.34. The van der Waals surface area contributed by atoms with Gasteiger partial charge in [0.2, 0.25) is 0 Å². The second-order valence-electron chi connectivity index (χ2n) is 7.72. The predicted octanol–water partition coefficient (Wildman–Crippen LogP) is 6.24. The topological polar surface area (TPSA) is 65.7 Å². The van der Waals surface area contributed by atoms with Crippen LogP contribution in [0.4, 0.5) is 0 Å². The Hall–Kier alpha value is -2.72. The van der Waals surface area contributed by atoms with Crippen LogP contribution in [0.1, 0.15) is 29.4 Å². The van der Waals surface area contributed by atoms with E-state index in [1.54, 1.807) is 19.2 Å². The number of nitrogens with zero attached hydrogens (tertiary/aromatic N) is 3. The molecule has 4 aromatic rings. The molecule has 4 rings (SSSR count). The van der Waals surface area contributed by atoms with Crippen molar-refractivity contribution in [2.24, 2.45) is 5.10 Å². The average Bonchev–Trinajstić information content (AvgIpc) is 2.80. The monoisotopic (exact) mass is 631 g/mol. The van der Waals surface area contributed by atoms with Gasteiger partial charge in [0.05, 0.1) is 27.3 Å². The van der Waals surface area contributed by atoms with Gasteiger partial charge in [-0.3, -0.25) is 4.79 Å². The van der Waals surface area contributed by atoms with Crippen molar-refractivity contribution >= 4 is 55.6 Å². The second-order valence-corrected chi connectivity index (χ2v) is 9.80. The molecule has 0 radical (unpaired) electrons. The lowest BCUT2D eigenvalue weighted by molar-refractivity contribution is 0.267. The maximum Gasteiger partial charge on any atom is 0.282 e. The van der Waals surface area contributed by atoms with Gasteiger partial charge in [-0.05, 0) is 84.8 Å². The van der Waals surface area contributed by atoms with E-state index in [0.717, 1.165) is 19.2 Å². The van der Waals surface area contributed by atoms with Crippen molar-refractivity contribution < 1.29 is 9.47 Å². The Morgan fingerprint density at radius 2 is 1.85 bits per heavy atom. The highest BCUT2D eigenvalue weighted by Gasteiger charge is 2.13. The third-order valence-corrected chi connectivity index (χ3v) is 6.42. The zero-order chi connectivity index (χ0) is 24.2. The van der Waals surface area contributed by atoms with Crippen LogP contribution in [0.3, 0.4) is 0 Å². The molecule has 6 nitrogen and oxygen atoms in total. The Morgan fingerprint density at radius 1 is 1.09 bits per heavy atom. The van der Waals surface area contributed by atoms with Crippen molar-refractivity contribution in [2.45, 2.75) is 27.4 Å². The molecule has 3 aromatic carbocycles. The predicted molar refractivity (Wildman–Crippen MR) is 147 cm³/mol. The molecule has 0 saturated carbocycles. The number of rotatable bonds is 7. The summed E-state index contributed by atoms with van der Waals surface area (Å²) in [6, 6.07) is 17.5. The number of hydrogen-bond donors (Lipinski definition) is 0. The minimum Gasteiger partial charge on any atom is -0.490 e. The van der Waals surface area contributed by atoms with Crippen LogP contribution < -0.4 is 15.0 Å². The first-order valence-electron chi connectivity index (χ1n) is 10.7. The number of ether oxygens (including phenoxy) is 2. The van der Waals surface area contributed by atoms with Crippen molar-refractivity contribution in [1.29, 1.82) is 0 Å². The van der Waals surface area contributed by atoms with Crippen LogP contribution in [-0.2, 0) is 6.61 Å². The van der Waals surface area contributed by atoms with Crippen LogP contribution in [-0.4, -0.2) is 22.5 Å². The average molecular weight is 632 g/mol. The minimum absolute atomic E-state index is 0.224. The maximum atomic E-state index is 13.0. The van der Waals surface area contributed by atoms with Crippen molar-refractivity contribution in [1.82, 2.24) is 9.66 Å². The molecular formula is C26H23BrIN3O3. The number of fused-ring (bicyclic) bond motifs is 1. The summed E-state index contributed by atoms with van der Waals surface area (Å²) >= 11 is 5.64. The van der Waals surface area contributed by atoms with Crippen LogP contribution in [0, 0.1) is 17.4 Å². The molecule has 0 aliphatic rings. The largest absolute Gasteiger partial charge is 0.490 e. The molecule has 0 saturated heterocycles.